The van der Waals surface area contributed by atoms with Crippen molar-refractivity contribution < 1.29 is 126 Å². The summed E-state index contributed by atoms with van der Waals surface area (Å²) in [6.07, 6.45) is 12.3. The van der Waals surface area contributed by atoms with E-state index in [2.05, 4.69) is 107 Å². The van der Waals surface area contributed by atoms with Gasteiger partial charge < -0.3 is 89.9 Å². The third-order valence-electron chi connectivity index (χ3n) is 24.0. The van der Waals surface area contributed by atoms with Gasteiger partial charge in [-0.25, -0.2) is 63.7 Å². The molecule has 0 aliphatic carbocycles. The van der Waals surface area contributed by atoms with Crippen molar-refractivity contribution in [3.8, 4) is 0 Å². The van der Waals surface area contributed by atoms with Gasteiger partial charge >= 0.3 is 71.8 Å². The second-order valence-corrected chi connectivity index (χ2v) is 40.9. The molecule has 0 saturated carbocycles. The number of esters is 3. The van der Waals surface area contributed by atoms with Gasteiger partial charge in [-0.15, -0.1) is 0 Å². The molecule has 29 nitrogen and oxygen atoms in total. The van der Waals surface area contributed by atoms with Gasteiger partial charge in [0.25, 0.3) is 0 Å². The minimum Gasteiger partial charge on any atom is -0.478 e. The van der Waals surface area contributed by atoms with Crippen molar-refractivity contribution >= 4 is 136 Å². The number of carboxylic acids is 1. The summed E-state index contributed by atoms with van der Waals surface area (Å²) < 4.78 is 46.2. The van der Waals surface area contributed by atoms with Crippen LogP contribution in [0.3, 0.4) is 0 Å². The number of carbonyl (C=O) groups excluding carboxylic acids is 11. The zero-order chi connectivity index (χ0) is 102. The summed E-state index contributed by atoms with van der Waals surface area (Å²) >= 11 is 0.600. The van der Waals surface area contributed by atoms with E-state index in [4.69, 9.17) is 77.9 Å². The average Bonchev–Trinajstić information content (AvgIpc) is 1.72. The largest absolute Gasteiger partial charge is 0.643 e. The Hall–Kier alpha value is -9.87. The van der Waals surface area contributed by atoms with E-state index in [1.165, 1.54) is 77.6 Å². The molecule has 7 heterocycles. The van der Waals surface area contributed by atoms with Gasteiger partial charge in [0.1, 0.15) is 6.42 Å². The molecule has 0 unspecified atom stereocenters. The molecule has 0 fully saturated rings. The minimum atomic E-state index is -1.72. The Morgan fingerprint density at radius 1 is 0.329 bits per heavy atom. The Kier molecular flexibility index (Phi) is 60.7. The number of amides is 6. The predicted octanol–water partition coefficient (Wildman–Crippen LogP) is 19.2. The summed E-state index contributed by atoms with van der Waals surface area (Å²) in [7, 11) is 14.8. The van der Waals surface area contributed by atoms with Crippen LogP contribution in [0.25, 0.3) is 0 Å². The maximum atomic E-state index is 12.2. The first-order valence-electron chi connectivity index (χ1n) is 48.7. The maximum Gasteiger partial charge on any atom is 0.643 e. The molecule has 6 amide bonds. The number of carbonyl (C=O) groups is 12. The summed E-state index contributed by atoms with van der Waals surface area (Å²) in [4.78, 5) is 150. The van der Waals surface area contributed by atoms with Crippen LogP contribution in [0.2, 0.25) is 0 Å². The summed E-state index contributed by atoms with van der Waals surface area (Å²) in [5.41, 5.74) is 21.4. The predicted molar refractivity (Wildman–Crippen MR) is 563 cm³/mol. The summed E-state index contributed by atoms with van der Waals surface area (Å²) in [5, 5.41) is 12.4. The SMILES string of the molecule is C.CCOC(=O)CC(=O)c1ccc2c(c1)CCN(C(=O)OCC)CC2.CCOC(=O)CCc1cc2c(cc1I)CCN(C(=O)OCC)CC2.CCOC(=O)CCc1ccc2c(c1)CCN(C(=O)OCC)CC2.CCOC(=O)N1CCc2ccc(C(=O)O)cc2CC1.CCOC(=O)N1CCc2ccc(C(C)=O)cc2CC1.CCOC(=O)N1CCc2ccccc2CC1.[CH3-].[Cl][Al]([Cl])[Cl].[Pd].c1ccc2c(c1)CCNCC2. The number of halogens is 4. The number of aromatic carboxylic acids is 1. The van der Waals surface area contributed by atoms with E-state index in [1.807, 2.05) is 77.9 Å². The standard InChI is InChI=1S/C18H24INO4.C18H23NO5.C18H25NO4.C15H19NO3.C14H17NO4.C13H17NO2.C10H13N.CH4.CH3.Al.3ClH.Pd/c1-3-23-17(21)6-5-15-11-13-7-9-20(18(22)24-4-2)10-8-14(13)12-16(15)19;1-3-23-17(21)12-16(20)15-6-5-13-7-9-19(18(22)24-4-2)10-8-14(13)11-15;1-3-22-17(20)8-6-14-5-7-15-9-11-19(18(21)23-4-2)12-10-16(15)13-14;1-3-19-15(18)16-8-6-12-4-5-13(11(2)17)10-14(12)7-9-16;1-2-19-14(18)15-7-5-10-3-4-12(13(16)17)9-11(10)6-8-15;1-2-16-13(15)14-9-7-11-5-3-4-6-12(11)8-10-14;1-2-4-10-6-8-11-7-5-9(10)3-1;;;;;;;/h11-12H,3-10H2,1-2H3;5-6,11H,3-4,7-10,12H2,1-2H3;5,7,13H,3-4,6,8-12H2,1-2H3;4-5,10H,3,6-9H2,1-2H3;3-4,9H,2,5-8H2,1H3,(H,16,17);3-6H,2,7-10H2,1H3;1-4,11H,5-8H2;1H4;1H3;;3*1H;/q;;;;;;;;-1;+3;;;;/p-3. The van der Waals surface area contributed by atoms with E-state index >= 15 is 0 Å². The van der Waals surface area contributed by atoms with Crippen molar-refractivity contribution in [2.24, 2.45) is 0 Å². The van der Waals surface area contributed by atoms with Gasteiger partial charge in [0.05, 0.1) is 65.0 Å². The molecule has 0 spiro atoms. The van der Waals surface area contributed by atoms with E-state index in [9.17, 15) is 57.5 Å². The van der Waals surface area contributed by atoms with Gasteiger partial charge in [0.2, 0.25) is 0 Å². The summed E-state index contributed by atoms with van der Waals surface area (Å²) in [6.45, 7) is 31.4. The first kappa shape index (κ1) is 125. The molecule has 7 aliphatic heterocycles. The van der Waals surface area contributed by atoms with E-state index in [-0.39, 0.29) is 108 Å². The van der Waals surface area contributed by atoms with Gasteiger partial charge in [-0.3, -0.25) is 24.0 Å². The molecule has 143 heavy (non-hydrogen) atoms. The molecule has 2 N–H and O–H groups in total. The monoisotopic (exact) mass is 2260 g/mol. The van der Waals surface area contributed by atoms with Crippen molar-refractivity contribution in [3.05, 3.63) is 250 Å². The number of fused-ring (bicyclic) bond motifs is 7. The molecule has 14 rings (SSSR count). The number of Topliss-reactive ketones (excluding diaryl/α,β-unsaturated/α-hetero) is 2. The first-order chi connectivity index (χ1) is 67.5. The molecule has 7 aliphatic rings. The molecule has 7 aromatic carbocycles. The Balaban J connectivity index is 0.000000347. The topological polar surface area (TPSA) is 340 Å². The van der Waals surface area contributed by atoms with E-state index in [1.54, 1.807) is 75.3 Å². The van der Waals surface area contributed by atoms with Crippen LogP contribution >= 0.6 is 52.7 Å². The third kappa shape index (κ3) is 44.1. The smallest absolute Gasteiger partial charge is 0.478 e. The number of aryl methyl sites for hydroxylation is 2. The Labute approximate surface area is 889 Å². The van der Waals surface area contributed by atoms with Gasteiger partial charge in [-0.05, 0) is 327 Å². The van der Waals surface area contributed by atoms with E-state index < -0.39 is 23.3 Å². The number of ketones is 2. The molecule has 35 heteroatoms. The Morgan fingerprint density at radius 2 is 0.580 bits per heavy atom. The number of hydrogen-bond donors (Lipinski definition) is 2. The summed E-state index contributed by atoms with van der Waals surface area (Å²) in [6, 6.07) is 44.3. The molecular weight excluding hydrogens is 2110 g/mol. The molecule has 786 valence electrons. The van der Waals surface area contributed by atoms with Crippen LogP contribution in [0.15, 0.2) is 133 Å². The fraction of sp³-hybridized carbons (Fsp3) is 0.491. The number of nitrogens with zero attached hydrogens (tertiary/aromatic N) is 6. The van der Waals surface area contributed by atoms with Crippen molar-refractivity contribution in [1.82, 2.24) is 34.7 Å². The van der Waals surface area contributed by atoms with E-state index in [0.717, 1.165) is 124 Å². The van der Waals surface area contributed by atoms with Crippen molar-refractivity contribution in [3.63, 3.8) is 0 Å². The number of nitrogens with one attached hydrogen (secondary N) is 1. The van der Waals surface area contributed by atoms with Gasteiger partial charge in [-0.2, -0.15) is 0 Å². The molecule has 0 saturated heterocycles. The van der Waals surface area contributed by atoms with E-state index in [0.29, 0.717) is 168 Å². The molecule has 0 bridgehead atoms. The van der Waals surface area contributed by atoms with Gasteiger partial charge in [0, 0.05) is 126 Å². The third-order valence-corrected chi connectivity index (χ3v) is 25.0. The summed E-state index contributed by atoms with van der Waals surface area (Å²) in [5.74, 6) is -1.91. The zero-order valence-electron chi connectivity index (χ0n) is 84.0. The Morgan fingerprint density at radius 3 is 0.902 bits per heavy atom. The number of ether oxygens (including phenoxy) is 9. The van der Waals surface area contributed by atoms with Crippen LogP contribution in [0, 0.1) is 11.0 Å². The molecule has 0 aromatic heterocycles. The quantitative estimate of drug-likeness (QED) is 0.0136. The van der Waals surface area contributed by atoms with Crippen LogP contribution in [0.1, 0.15) is 216 Å². The van der Waals surface area contributed by atoms with Crippen molar-refractivity contribution in [2.75, 3.05) is 151 Å². The van der Waals surface area contributed by atoms with Crippen LogP contribution in [-0.4, -0.2) is 269 Å². The fourth-order valence-corrected chi connectivity index (χ4v) is 17.5. The van der Waals surface area contributed by atoms with Crippen molar-refractivity contribution in [2.45, 2.75) is 199 Å². The number of carboxylic acid groups (broad SMARTS) is 1. The normalized spacial score (nSPS) is 13.9. The number of rotatable bonds is 20. The van der Waals surface area contributed by atoms with Gasteiger partial charge in [0.15, 0.2) is 11.6 Å². The van der Waals surface area contributed by atoms with Crippen LogP contribution in [-0.2, 0) is 180 Å². The average molecular weight is 2260 g/mol. The number of hydrogen-bond acceptors (Lipinski definition) is 22. The van der Waals surface area contributed by atoms with Crippen LogP contribution in [0.5, 0.6) is 0 Å². The second kappa shape index (κ2) is 69.3. The minimum absolute atomic E-state index is 0. The molecule has 7 aromatic rings. The fourth-order valence-electron chi connectivity index (χ4n) is 16.7. The number of benzene rings is 7. The first-order valence-corrected chi connectivity index (χ1v) is 55.1. The maximum absolute atomic E-state index is 12.2. The van der Waals surface area contributed by atoms with Crippen LogP contribution in [0.4, 0.5) is 28.8 Å². The second-order valence-electron chi connectivity index (χ2n) is 33.3. The Bertz CT molecular complexity index is 5090. The van der Waals surface area contributed by atoms with Crippen LogP contribution < -0.4 is 5.32 Å². The zero-order valence-corrected chi connectivity index (χ0v) is 91.1. The molecule has 0 atom stereocenters. The van der Waals surface area contributed by atoms with Gasteiger partial charge in [-0.1, -0.05) is 111 Å². The molecular formula is C108H145AlCl3IN7O22Pd-. The molecule has 0 radical (unpaired) electrons. The van der Waals surface area contributed by atoms with Crippen molar-refractivity contribution in [1.29, 1.82) is 0 Å².